The molecule has 0 saturated carbocycles. The Bertz CT molecular complexity index is 366. The average Bonchev–Trinajstić information content (AvgIpc) is 2.39. The van der Waals surface area contributed by atoms with Crippen molar-refractivity contribution in [1.82, 2.24) is 10.2 Å². The minimum atomic E-state index is 0.946. The molecule has 0 unspecified atom stereocenters. The molecule has 0 fully saturated rings. The van der Waals surface area contributed by atoms with E-state index < -0.39 is 0 Å². The zero-order valence-corrected chi connectivity index (χ0v) is 14.1. The minimum absolute atomic E-state index is 0.946. The second kappa shape index (κ2) is 9.51. The number of hydrogen-bond acceptors (Lipinski definition) is 2. The standard InChI is InChI=1S/C16H27BrN2/c1-4-6-7-10-19(3)13-15-9-8-14(11-16(15)17)12-18-5-2/h8-9,11,18H,4-7,10,12-13H2,1-3H3. The average molecular weight is 327 g/mol. The van der Waals surface area contributed by atoms with Gasteiger partial charge in [-0.25, -0.2) is 0 Å². The number of benzene rings is 1. The zero-order valence-electron chi connectivity index (χ0n) is 12.5. The van der Waals surface area contributed by atoms with Gasteiger partial charge >= 0.3 is 0 Å². The van der Waals surface area contributed by atoms with Gasteiger partial charge in [0, 0.05) is 17.6 Å². The third-order valence-electron chi connectivity index (χ3n) is 3.28. The monoisotopic (exact) mass is 326 g/mol. The van der Waals surface area contributed by atoms with Crippen LogP contribution in [0.15, 0.2) is 22.7 Å². The van der Waals surface area contributed by atoms with Crippen molar-refractivity contribution in [2.45, 2.75) is 46.2 Å². The van der Waals surface area contributed by atoms with E-state index in [0.717, 1.165) is 19.6 Å². The zero-order chi connectivity index (χ0) is 14.1. The van der Waals surface area contributed by atoms with Gasteiger partial charge in [-0.3, -0.25) is 0 Å². The Hall–Kier alpha value is -0.380. The highest BCUT2D eigenvalue weighted by Gasteiger charge is 2.05. The topological polar surface area (TPSA) is 15.3 Å². The fourth-order valence-electron chi connectivity index (χ4n) is 2.10. The van der Waals surface area contributed by atoms with Gasteiger partial charge in [-0.2, -0.15) is 0 Å². The van der Waals surface area contributed by atoms with Gasteiger partial charge in [-0.1, -0.05) is 54.8 Å². The molecule has 0 saturated heterocycles. The van der Waals surface area contributed by atoms with E-state index in [-0.39, 0.29) is 0 Å². The third-order valence-corrected chi connectivity index (χ3v) is 4.02. The van der Waals surface area contributed by atoms with E-state index in [2.05, 4.69) is 65.2 Å². The number of nitrogens with one attached hydrogen (secondary N) is 1. The summed E-state index contributed by atoms with van der Waals surface area (Å²) in [5, 5.41) is 3.36. The second-order valence-electron chi connectivity index (χ2n) is 5.15. The molecule has 3 heteroatoms. The van der Waals surface area contributed by atoms with Gasteiger partial charge in [-0.05, 0) is 43.8 Å². The first-order valence-electron chi connectivity index (χ1n) is 7.34. The first kappa shape index (κ1) is 16.7. The summed E-state index contributed by atoms with van der Waals surface area (Å²) < 4.78 is 1.23. The summed E-state index contributed by atoms with van der Waals surface area (Å²) >= 11 is 3.69. The van der Waals surface area contributed by atoms with E-state index >= 15 is 0 Å². The van der Waals surface area contributed by atoms with Crippen LogP contribution in [0.1, 0.15) is 44.2 Å². The largest absolute Gasteiger partial charge is 0.313 e. The molecule has 0 bridgehead atoms. The number of nitrogens with zero attached hydrogens (tertiary/aromatic N) is 1. The lowest BCUT2D eigenvalue weighted by Gasteiger charge is -2.18. The van der Waals surface area contributed by atoms with Crippen molar-refractivity contribution in [1.29, 1.82) is 0 Å². The molecule has 1 N–H and O–H groups in total. The molecule has 1 rings (SSSR count). The van der Waals surface area contributed by atoms with Crippen LogP contribution < -0.4 is 5.32 Å². The molecular formula is C16H27BrN2. The molecule has 0 atom stereocenters. The van der Waals surface area contributed by atoms with Crippen LogP contribution in [-0.4, -0.2) is 25.0 Å². The third kappa shape index (κ3) is 6.55. The maximum Gasteiger partial charge on any atom is 0.0241 e. The van der Waals surface area contributed by atoms with Gasteiger partial charge in [0.1, 0.15) is 0 Å². The van der Waals surface area contributed by atoms with E-state index in [0.29, 0.717) is 0 Å². The summed E-state index contributed by atoms with van der Waals surface area (Å²) in [4.78, 5) is 2.40. The van der Waals surface area contributed by atoms with Gasteiger partial charge in [0.2, 0.25) is 0 Å². The van der Waals surface area contributed by atoms with E-state index in [1.807, 2.05) is 0 Å². The summed E-state index contributed by atoms with van der Waals surface area (Å²) in [6, 6.07) is 6.70. The van der Waals surface area contributed by atoms with E-state index in [1.54, 1.807) is 0 Å². The molecule has 0 radical (unpaired) electrons. The predicted octanol–water partition coefficient (Wildman–Crippen LogP) is 4.18. The van der Waals surface area contributed by atoms with Crippen molar-refractivity contribution >= 4 is 15.9 Å². The molecule has 0 aromatic heterocycles. The smallest absolute Gasteiger partial charge is 0.0241 e. The molecule has 0 aliphatic heterocycles. The molecule has 1 aromatic rings. The van der Waals surface area contributed by atoms with Crippen molar-refractivity contribution in [3.05, 3.63) is 33.8 Å². The summed E-state index contributed by atoms with van der Waals surface area (Å²) in [5.41, 5.74) is 2.71. The molecule has 0 heterocycles. The summed E-state index contributed by atoms with van der Waals surface area (Å²) in [7, 11) is 2.20. The number of hydrogen-bond donors (Lipinski definition) is 1. The fourth-order valence-corrected chi connectivity index (χ4v) is 2.65. The summed E-state index contributed by atoms with van der Waals surface area (Å²) in [6.07, 6.45) is 3.91. The predicted molar refractivity (Wildman–Crippen MR) is 87.4 cm³/mol. The molecule has 0 amide bonds. The molecular weight excluding hydrogens is 300 g/mol. The Labute approximate surface area is 126 Å². The van der Waals surface area contributed by atoms with Crippen LogP contribution in [-0.2, 0) is 13.1 Å². The SMILES string of the molecule is CCCCCN(C)Cc1ccc(CNCC)cc1Br. The highest BCUT2D eigenvalue weighted by Crippen LogP contribution is 2.20. The highest BCUT2D eigenvalue weighted by atomic mass is 79.9. The molecule has 0 aliphatic carbocycles. The lowest BCUT2D eigenvalue weighted by Crippen LogP contribution is -2.19. The van der Waals surface area contributed by atoms with Crippen LogP contribution in [0.3, 0.4) is 0 Å². The van der Waals surface area contributed by atoms with Crippen LogP contribution in [0, 0.1) is 0 Å². The fraction of sp³-hybridized carbons (Fsp3) is 0.625. The van der Waals surface area contributed by atoms with Gasteiger partial charge in [0.15, 0.2) is 0 Å². The van der Waals surface area contributed by atoms with Gasteiger partial charge in [0.05, 0.1) is 0 Å². The molecule has 108 valence electrons. The van der Waals surface area contributed by atoms with Gasteiger partial charge < -0.3 is 10.2 Å². The Morgan fingerprint density at radius 1 is 1.21 bits per heavy atom. The quantitative estimate of drug-likeness (QED) is 0.685. The van der Waals surface area contributed by atoms with Gasteiger partial charge in [0.25, 0.3) is 0 Å². The van der Waals surface area contributed by atoms with Crippen molar-refractivity contribution < 1.29 is 0 Å². The van der Waals surface area contributed by atoms with Crippen LogP contribution in [0.5, 0.6) is 0 Å². The first-order valence-corrected chi connectivity index (χ1v) is 8.13. The van der Waals surface area contributed by atoms with Gasteiger partial charge in [-0.15, -0.1) is 0 Å². The van der Waals surface area contributed by atoms with Crippen molar-refractivity contribution in [2.24, 2.45) is 0 Å². The number of unbranched alkanes of at least 4 members (excludes halogenated alkanes) is 2. The lowest BCUT2D eigenvalue weighted by molar-refractivity contribution is 0.317. The van der Waals surface area contributed by atoms with Crippen molar-refractivity contribution in [3.63, 3.8) is 0 Å². The van der Waals surface area contributed by atoms with Crippen molar-refractivity contribution in [2.75, 3.05) is 20.1 Å². The number of halogens is 1. The Kier molecular flexibility index (Phi) is 8.35. The summed E-state index contributed by atoms with van der Waals surface area (Å²) in [6.45, 7) is 8.54. The normalized spacial score (nSPS) is 11.2. The van der Waals surface area contributed by atoms with E-state index in [9.17, 15) is 0 Å². The maximum absolute atomic E-state index is 3.69. The Morgan fingerprint density at radius 3 is 2.63 bits per heavy atom. The van der Waals surface area contributed by atoms with E-state index in [1.165, 1.54) is 41.4 Å². The maximum atomic E-state index is 3.69. The summed E-state index contributed by atoms with van der Waals surface area (Å²) in [5.74, 6) is 0. The molecule has 1 aromatic carbocycles. The molecule has 2 nitrogen and oxygen atoms in total. The van der Waals surface area contributed by atoms with E-state index in [4.69, 9.17) is 0 Å². The second-order valence-corrected chi connectivity index (χ2v) is 6.01. The van der Waals surface area contributed by atoms with Crippen LogP contribution in [0.4, 0.5) is 0 Å². The van der Waals surface area contributed by atoms with Crippen LogP contribution in [0.25, 0.3) is 0 Å². The lowest BCUT2D eigenvalue weighted by atomic mass is 10.1. The molecule has 0 aliphatic rings. The molecule has 19 heavy (non-hydrogen) atoms. The van der Waals surface area contributed by atoms with Crippen molar-refractivity contribution in [3.8, 4) is 0 Å². The first-order chi connectivity index (χ1) is 9.17. The highest BCUT2D eigenvalue weighted by molar-refractivity contribution is 9.10. The van der Waals surface area contributed by atoms with Crippen LogP contribution in [0.2, 0.25) is 0 Å². The number of rotatable bonds is 9. The Balaban J connectivity index is 2.49. The Morgan fingerprint density at radius 2 is 2.00 bits per heavy atom. The van der Waals surface area contributed by atoms with Crippen LogP contribution >= 0.6 is 15.9 Å². The molecule has 0 spiro atoms. The minimum Gasteiger partial charge on any atom is -0.313 e.